The number of thioether (sulfide) groups is 1. The first-order chi connectivity index (χ1) is 8.74. The molecule has 1 aromatic heterocycles. The second kappa shape index (κ2) is 6.23. The number of carbonyl (C=O) groups is 1. The number of rotatable bonds is 4. The number of nitrogens with zero attached hydrogens (tertiary/aromatic N) is 2. The lowest BCUT2D eigenvalue weighted by Crippen LogP contribution is -2.15. The van der Waals surface area contributed by atoms with Gasteiger partial charge in [0.1, 0.15) is 17.2 Å². The number of hydrogen-bond acceptors (Lipinski definition) is 6. The normalized spacial score (nSPS) is 11.4. The lowest BCUT2D eigenvalue weighted by molar-refractivity contribution is 0.0526. The molecule has 2 N–H and O–H groups in total. The van der Waals surface area contributed by atoms with Crippen LogP contribution in [0, 0.1) is 6.92 Å². The van der Waals surface area contributed by atoms with Crippen molar-refractivity contribution in [2.45, 2.75) is 45.1 Å². The average molecular weight is 283 g/mol. The van der Waals surface area contributed by atoms with Gasteiger partial charge in [-0.1, -0.05) is 20.8 Å². The van der Waals surface area contributed by atoms with Crippen molar-refractivity contribution in [1.29, 1.82) is 0 Å². The van der Waals surface area contributed by atoms with E-state index in [9.17, 15) is 4.79 Å². The monoisotopic (exact) mass is 283 g/mol. The molecule has 0 aliphatic rings. The summed E-state index contributed by atoms with van der Waals surface area (Å²) in [6, 6.07) is 0. The predicted octanol–water partition coefficient (Wildman–Crippen LogP) is 2.58. The van der Waals surface area contributed by atoms with Crippen molar-refractivity contribution in [3.05, 3.63) is 17.1 Å². The van der Waals surface area contributed by atoms with Crippen LogP contribution in [0.15, 0.2) is 0 Å². The van der Waals surface area contributed by atoms with Gasteiger partial charge < -0.3 is 10.5 Å². The van der Waals surface area contributed by atoms with E-state index in [4.69, 9.17) is 10.5 Å². The van der Waals surface area contributed by atoms with Gasteiger partial charge in [0.15, 0.2) is 0 Å². The fourth-order valence-corrected chi connectivity index (χ4v) is 2.15. The van der Waals surface area contributed by atoms with E-state index in [2.05, 4.69) is 30.7 Å². The van der Waals surface area contributed by atoms with Gasteiger partial charge in [-0.2, -0.15) is 0 Å². The smallest absolute Gasteiger partial charge is 0.343 e. The summed E-state index contributed by atoms with van der Waals surface area (Å²) in [6.45, 7) is 10.2. The third-order valence-corrected chi connectivity index (χ3v) is 3.55. The number of nitrogen functional groups attached to an aromatic ring is 1. The van der Waals surface area contributed by atoms with E-state index in [1.807, 2.05) is 0 Å². The highest BCUT2D eigenvalue weighted by molar-refractivity contribution is 7.99. The van der Waals surface area contributed by atoms with Crippen molar-refractivity contribution in [3.63, 3.8) is 0 Å². The Morgan fingerprint density at radius 3 is 2.47 bits per heavy atom. The maximum Gasteiger partial charge on any atom is 0.343 e. The number of hydrogen-bond donors (Lipinski definition) is 1. The molecule has 0 fully saturated rings. The third-order valence-electron chi connectivity index (χ3n) is 2.28. The molecule has 0 aliphatic heterocycles. The minimum absolute atomic E-state index is 0.131. The topological polar surface area (TPSA) is 78.1 Å². The van der Waals surface area contributed by atoms with E-state index >= 15 is 0 Å². The molecule has 0 radical (unpaired) electrons. The largest absolute Gasteiger partial charge is 0.462 e. The van der Waals surface area contributed by atoms with Crippen molar-refractivity contribution in [3.8, 4) is 0 Å². The first-order valence-corrected chi connectivity index (χ1v) is 7.17. The summed E-state index contributed by atoms with van der Waals surface area (Å²) in [4.78, 5) is 20.2. The molecule has 0 unspecified atom stereocenters. The fourth-order valence-electron chi connectivity index (χ4n) is 1.46. The van der Waals surface area contributed by atoms with Crippen LogP contribution >= 0.6 is 11.8 Å². The molecule has 0 atom stereocenters. The van der Waals surface area contributed by atoms with Gasteiger partial charge >= 0.3 is 5.97 Å². The zero-order chi connectivity index (χ0) is 14.6. The summed E-state index contributed by atoms with van der Waals surface area (Å²) >= 11 is 1.73. The number of aromatic nitrogens is 2. The minimum atomic E-state index is -0.465. The summed E-state index contributed by atoms with van der Waals surface area (Å²) in [5.41, 5.74) is 6.67. The van der Waals surface area contributed by atoms with Crippen LogP contribution in [-0.2, 0) is 10.5 Å². The van der Waals surface area contributed by atoms with Crippen LogP contribution in [0.2, 0.25) is 0 Å². The van der Waals surface area contributed by atoms with Crippen molar-refractivity contribution >= 4 is 23.5 Å². The zero-order valence-corrected chi connectivity index (χ0v) is 12.9. The van der Waals surface area contributed by atoms with E-state index < -0.39 is 5.97 Å². The fraction of sp³-hybridized carbons (Fsp3) is 0.615. The van der Waals surface area contributed by atoms with Gasteiger partial charge in [-0.3, -0.25) is 0 Å². The Balaban J connectivity index is 2.94. The molecule has 0 aliphatic carbocycles. The van der Waals surface area contributed by atoms with E-state index in [1.165, 1.54) is 0 Å². The van der Waals surface area contributed by atoms with Gasteiger partial charge in [-0.05, 0) is 13.8 Å². The minimum Gasteiger partial charge on any atom is -0.462 e. The molecule has 0 bridgehead atoms. The van der Waals surface area contributed by atoms with Gasteiger partial charge in [-0.25, -0.2) is 14.8 Å². The van der Waals surface area contributed by atoms with Crippen molar-refractivity contribution in [2.24, 2.45) is 0 Å². The summed E-state index contributed by atoms with van der Waals surface area (Å²) in [5, 5.41) is 0. The first kappa shape index (κ1) is 15.8. The highest BCUT2D eigenvalue weighted by Gasteiger charge is 2.19. The van der Waals surface area contributed by atoms with Crippen LogP contribution in [0.5, 0.6) is 0 Å². The summed E-state index contributed by atoms with van der Waals surface area (Å²) in [6.07, 6.45) is 0. The average Bonchev–Trinajstić information content (AvgIpc) is 2.25. The molecule has 0 saturated carbocycles. The van der Waals surface area contributed by atoms with Gasteiger partial charge in [0, 0.05) is 4.75 Å². The molecule has 5 nitrogen and oxygen atoms in total. The molecular weight excluding hydrogens is 262 g/mol. The predicted molar refractivity (Wildman–Crippen MR) is 78.2 cm³/mol. The summed E-state index contributed by atoms with van der Waals surface area (Å²) < 4.78 is 5.07. The van der Waals surface area contributed by atoms with Crippen LogP contribution in [0.25, 0.3) is 0 Å². The van der Waals surface area contributed by atoms with Crippen LogP contribution < -0.4 is 5.73 Å². The quantitative estimate of drug-likeness (QED) is 0.856. The molecule has 0 amide bonds. The maximum atomic E-state index is 11.7. The molecule has 6 heteroatoms. The van der Waals surface area contributed by atoms with E-state index in [1.54, 1.807) is 25.6 Å². The van der Waals surface area contributed by atoms with E-state index in [0.29, 0.717) is 23.9 Å². The molecule has 106 valence electrons. The second-order valence-electron chi connectivity index (χ2n) is 5.11. The van der Waals surface area contributed by atoms with Gasteiger partial charge in [-0.15, -0.1) is 11.8 Å². The van der Waals surface area contributed by atoms with Crippen molar-refractivity contribution < 1.29 is 9.53 Å². The Morgan fingerprint density at radius 1 is 1.37 bits per heavy atom. The molecule has 1 rings (SSSR count). The Hall–Kier alpha value is -1.30. The Labute approximate surface area is 118 Å². The van der Waals surface area contributed by atoms with Crippen LogP contribution in [0.3, 0.4) is 0 Å². The van der Waals surface area contributed by atoms with Crippen LogP contribution in [-0.4, -0.2) is 27.3 Å². The lowest BCUT2D eigenvalue weighted by Gasteiger charge is -2.17. The highest BCUT2D eigenvalue weighted by atomic mass is 32.2. The number of ether oxygens (including phenoxy) is 1. The van der Waals surface area contributed by atoms with Crippen molar-refractivity contribution in [1.82, 2.24) is 9.97 Å². The molecule has 19 heavy (non-hydrogen) atoms. The highest BCUT2D eigenvalue weighted by Crippen LogP contribution is 2.26. The van der Waals surface area contributed by atoms with Crippen molar-refractivity contribution in [2.75, 3.05) is 12.3 Å². The van der Waals surface area contributed by atoms with Gasteiger partial charge in [0.2, 0.25) is 0 Å². The number of esters is 1. The molecule has 0 aromatic carbocycles. The van der Waals surface area contributed by atoms with Gasteiger partial charge in [0.05, 0.1) is 18.1 Å². The summed E-state index contributed by atoms with van der Waals surface area (Å²) in [5.74, 6) is 1.03. The summed E-state index contributed by atoms with van der Waals surface area (Å²) in [7, 11) is 0. The lowest BCUT2D eigenvalue weighted by atomic mass is 10.2. The third kappa shape index (κ3) is 4.70. The Kier molecular flexibility index (Phi) is 5.17. The molecule has 0 spiro atoms. The van der Waals surface area contributed by atoms with E-state index in [0.717, 1.165) is 0 Å². The first-order valence-electron chi connectivity index (χ1n) is 6.18. The maximum absolute atomic E-state index is 11.7. The van der Waals surface area contributed by atoms with E-state index in [-0.39, 0.29) is 16.1 Å². The van der Waals surface area contributed by atoms with Gasteiger partial charge in [0.25, 0.3) is 0 Å². The second-order valence-corrected chi connectivity index (χ2v) is 6.91. The number of carbonyl (C=O) groups excluding carboxylic acids is 1. The van der Waals surface area contributed by atoms with Crippen LogP contribution in [0.4, 0.5) is 5.82 Å². The SMILES string of the molecule is CCOC(=O)c1c(C)nc(CSC(C)(C)C)nc1N. The Bertz CT molecular complexity index is 446. The number of anilines is 1. The molecule has 0 saturated heterocycles. The number of aryl methyl sites for hydroxylation is 1. The van der Waals surface area contributed by atoms with Crippen LogP contribution in [0.1, 0.15) is 49.6 Å². The Morgan fingerprint density at radius 2 is 2.00 bits per heavy atom. The standard InChI is InChI=1S/C13H21N3O2S/c1-6-18-12(17)10-8(2)15-9(16-11(10)14)7-19-13(3,4)5/h6-7H2,1-5H3,(H2,14,15,16). The zero-order valence-electron chi connectivity index (χ0n) is 12.1. The molecule has 1 aromatic rings. The number of nitrogens with two attached hydrogens (primary N) is 1. The molecule has 1 heterocycles. The molecular formula is C13H21N3O2S.